The lowest BCUT2D eigenvalue weighted by Gasteiger charge is -2.37. The summed E-state index contributed by atoms with van der Waals surface area (Å²) in [6.45, 7) is 9.38. The van der Waals surface area contributed by atoms with Gasteiger partial charge in [0, 0.05) is 0 Å². The number of aliphatic hydroxyl groups excluding tert-OH is 1. The first-order valence-corrected chi connectivity index (χ1v) is 6.57. The van der Waals surface area contributed by atoms with E-state index in [1.165, 1.54) is 6.92 Å². The Morgan fingerprint density at radius 3 is 2.42 bits per heavy atom. The molecule has 0 aliphatic carbocycles. The number of esters is 1. The SMILES string of the molecule is CC(C)COC(=O)C(C(C)O)N1CC(=O)NC1(C)C. The first-order chi connectivity index (χ1) is 8.65. The molecule has 1 fully saturated rings. The van der Waals surface area contributed by atoms with Gasteiger partial charge in [0.05, 0.1) is 24.9 Å². The second kappa shape index (κ2) is 5.88. The summed E-state index contributed by atoms with van der Waals surface area (Å²) in [6, 6.07) is -0.840. The number of nitrogens with zero attached hydrogens (tertiary/aromatic N) is 1. The summed E-state index contributed by atoms with van der Waals surface area (Å²) >= 11 is 0. The lowest BCUT2D eigenvalue weighted by molar-refractivity contribution is -0.157. The molecular weight excluding hydrogens is 248 g/mol. The molecule has 110 valence electrons. The molecule has 2 N–H and O–H groups in total. The highest BCUT2D eigenvalue weighted by molar-refractivity contribution is 5.84. The summed E-state index contributed by atoms with van der Waals surface area (Å²) in [5.41, 5.74) is -0.671. The van der Waals surface area contributed by atoms with Gasteiger partial charge in [-0.3, -0.25) is 14.5 Å². The zero-order valence-electron chi connectivity index (χ0n) is 12.3. The van der Waals surface area contributed by atoms with Gasteiger partial charge < -0.3 is 15.2 Å². The van der Waals surface area contributed by atoms with E-state index in [-0.39, 0.29) is 18.4 Å². The number of nitrogens with one attached hydrogen (secondary N) is 1. The van der Waals surface area contributed by atoms with E-state index in [4.69, 9.17) is 4.74 Å². The van der Waals surface area contributed by atoms with Gasteiger partial charge in [0.2, 0.25) is 5.91 Å². The minimum Gasteiger partial charge on any atom is -0.464 e. The van der Waals surface area contributed by atoms with E-state index in [1.54, 1.807) is 18.7 Å². The van der Waals surface area contributed by atoms with Crippen molar-refractivity contribution in [2.24, 2.45) is 5.92 Å². The van der Waals surface area contributed by atoms with Crippen LogP contribution in [0.25, 0.3) is 0 Å². The van der Waals surface area contributed by atoms with Gasteiger partial charge in [-0.1, -0.05) is 13.8 Å². The Labute approximate surface area is 114 Å². The number of ether oxygens (including phenoxy) is 1. The number of amides is 1. The molecule has 0 radical (unpaired) electrons. The first kappa shape index (κ1) is 15.9. The molecule has 0 bridgehead atoms. The Kier molecular flexibility index (Phi) is 4.92. The Morgan fingerprint density at radius 1 is 1.47 bits per heavy atom. The van der Waals surface area contributed by atoms with Crippen LogP contribution in [0, 0.1) is 5.92 Å². The van der Waals surface area contributed by atoms with Gasteiger partial charge in [0.25, 0.3) is 0 Å². The fourth-order valence-corrected chi connectivity index (χ4v) is 2.17. The van der Waals surface area contributed by atoms with E-state index in [1.807, 2.05) is 13.8 Å². The van der Waals surface area contributed by atoms with Gasteiger partial charge in [0.15, 0.2) is 0 Å². The van der Waals surface area contributed by atoms with Crippen LogP contribution in [-0.2, 0) is 14.3 Å². The smallest absolute Gasteiger partial charge is 0.326 e. The Morgan fingerprint density at radius 2 is 2.05 bits per heavy atom. The predicted molar refractivity (Wildman–Crippen MR) is 70.2 cm³/mol. The van der Waals surface area contributed by atoms with Crippen molar-refractivity contribution < 1.29 is 19.4 Å². The van der Waals surface area contributed by atoms with E-state index in [2.05, 4.69) is 5.32 Å². The van der Waals surface area contributed by atoms with Crippen LogP contribution in [0.5, 0.6) is 0 Å². The molecule has 0 aromatic heterocycles. The molecule has 0 saturated carbocycles. The minimum atomic E-state index is -0.911. The molecule has 1 saturated heterocycles. The number of hydrogen-bond acceptors (Lipinski definition) is 5. The van der Waals surface area contributed by atoms with E-state index in [0.717, 1.165) is 0 Å². The zero-order chi connectivity index (χ0) is 14.8. The molecule has 1 aliphatic heterocycles. The summed E-state index contributed by atoms with van der Waals surface area (Å²) < 4.78 is 5.19. The maximum absolute atomic E-state index is 12.1. The second-order valence-corrected chi connectivity index (χ2v) is 5.94. The molecule has 6 nitrogen and oxygen atoms in total. The molecule has 1 rings (SSSR count). The summed E-state index contributed by atoms with van der Waals surface area (Å²) in [5.74, 6) is -0.425. The normalized spacial score (nSPS) is 22.2. The maximum atomic E-state index is 12.1. The van der Waals surface area contributed by atoms with Crippen LogP contribution in [0.4, 0.5) is 0 Å². The number of hydrogen-bond donors (Lipinski definition) is 2. The van der Waals surface area contributed by atoms with Gasteiger partial charge in [-0.2, -0.15) is 0 Å². The first-order valence-electron chi connectivity index (χ1n) is 6.57. The molecule has 1 amide bonds. The standard InChI is InChI=1S/C13H24N2O4/c1-8(2)7-19-12(18)11(9(3)16)15-6-10(17)14-13(15,4)5/h8-9,11,16H,6-7H2,1-5H3,(H,14,17). The van der Waals surface area contributed by atoms with Crippen LogP contribution in [0.3, 0.4) is 0 Å². The molecule has 2 unspecified atom stereocenters. The fourth-order valence-electron chi connectivity index (χ4n) is 2.17. The molecule has 2 atom stereocenters. The highest BCUT2D eigenvalue weighted by Gasteiger charge is 2.45. The van der Waals surface area contributed by atoms with Crippen LogP contribution in [0.15, 0.2) is 0 Å². The van der Waals surface area contributed by atoms with Crippen LogP contribution in [0.1, 0.15) is 34.6 Å². The van der Waals surface area contributed by atoms with Gasteiger partial charge in [0.1, 0.15) is 6.04 Å². The molecular formula is C13H24N2O4. The van der Waals surface area contributed by atoms with Gasteiger partial charge >= 0.3 is 5.97 Å². The average molecular weight is 272 g/mol. The fraction of sp³-hybridized carbons (Fsp3) is 0.846. The molecule has 6 heteroatoms. The molecule has 0 spiro atoms. The van der Waals surface area contributed by atoms with E-state index < -0.39 is 23.8 Å². The number of rotatable bonds is 5. The maximum Gasteiger partial charge on any atom is 0.326 e. The van der Waals surface area contributed by atoms with Crippen molar-refractivity contribution >= 4 is 11.9 Å². The predicted octanol–water partition coefficient (Wildman–Crippen LogP) is 0.103. The number of carbonyl (C=O) groups is 2. The summed E-state index contributed by atoms with van der Waals surface area (Å²) in [7, 11) is 0. The average Bonchev–Trinajstić information content (AvgIpc) is 2.49. The van der Waals surface area contributed by atoms with Crippen LogP contribution >= 0.6 is 0 Å². The summed E-state index contributed by atoms with van der Waals surface area (Å²) in [5, 5.41) is 12.6. The molecule has 0 aromatic carbocycles. The number of aliphatic hydroxyl groups is 1. The topological polar surface area (TPSA) is 78.9 Å². The Bertz CT molecular complexity index is 353. The summed E-state index contributed by atoms with van der Waals surface area (Å²) in [6.07, 6.45) is -0.911. The molecule has 1 aliphatic rings. The molecule has 1 heterocycles. The monoisotopic (exact) mass is 272 g/mol. The van der Waals surface area contributed by atoms with Gasteiger partial charge in [-0.25, -0.2) is 0 Å². The number of carbonyl (C=O) groups excluding carboxylic acids is 2. The van der Waals surface area contributed by atoms with Crippen molar-refractivity contribution in [2.45, 2.75) is 52.4 Å². The highest BCUT2D eigenvalue weighted by Crippen LogP contribution is 2.22. The lowest BCUT2D eigenvalue weighted by atomic mass is 10.1. The summed E-state index contributed by atoms with van der Waals surface area (Å²) in [4.78, 5) is 25.2. The zero-order valence-corrected chi connectivity index (χ0v) is 12.3. The van der Waals surface area contributed by atoms with Crippen LogP contribution < -0.4 is 5.32 Å². The van der Waals surface area contributed by atoms with Crippen LogP contribution in [-0.4, -0.2) is 52.8 Å². The molecule has 19 heavy (non-hydrogen) atoms. The third-order valence-electron chi connectivity index (χ3n) is 3.07. The van der Waals surface area contributed by atoms with Crippen molar-refractivity contribution in [1.82, 2.24) is 10.2 Å². The minimum absolute atomic E-state index is 0.0827. The van der Waals surface area contributed by atoms with Crippen molar-refractivity contribution in [1.29, 1.82) is 0 Å². The lowest BCUT2D eigenvalue weighted by Crippen LogP contribution is -2.57. The van der Waals surface area contributed by atoms with E-state index >= 15 is 0 Å². The highest BCUT2D eigenvalue weighted by atomic mass is 16.5. The van der Waals surface area contributed by atoms with Crippen molar-refractivity contribution in [2.75, 3.05) is 13.2 Å². The Balaban J connectivity index is 2.83. The quantitative estimate of drug-likeness (QED) is 0.694. The van der Waals surface area contributed by atoms with Gasteiger partial charge in [-0.05, 0) is 26.7 Å². The van der Waals surface area contributed by atoms with Crippen LogP contribution in [0.2, 0.25) is 0 Å². The second-order valence-electron chi connectivity index (χ2n) is 5.94. The Hall–Kier alpha value is -1.14. The van der Waals surface area contributed by atoms with Crippen molar-refractivity contribution in [3.05, 3.63) is 0 Å². The third-order valence-corrected chi connectivity index (χ3v) is 3.07. The van der Waals surface area contributed by atoms with E-state index in [0.29, 0.717) is 6.61 Å². The molecule has 0 aromatic rings. The van der Waals surface area contributed by atoms with Gasteiger partial charge in [-0.15, -0.1) is 0 Å². The van der Waals surface area contributed by atoms with E-state index in [9.17, 15) is 14.7 Å². The van der Waals surface area contributed by atoms with Crippen molar-refractivity contribution in [3.8, 4) is 0 Å². The largest absolute Gasteiger partial charge is 0.464 e. The van der Waals surface area contributed by atoms with Crippen molar-refractivity contribution in [3.63, 3.8) is 0 Å². The third kappa shape index (κ3) is 3.91.